The smallest absolute Gasteiger partial charge is 0.193 e. The van der Waals surface area contributed by atoms with E-state index < -0.39 is 0 Å². The number of ether oxygens (including phenoxy) is 2. The molecule has 3 nitrogen and oxygen atoms in total. The average Bonchev–Trinajstić information content (AvgIpc) is 2.08. The lowest BCUT2D eigenvalue weighted by Gasteiger charge is -2.24. The zero-order valence-corrected chi connectivity index (χ0v) is 8.00. The summed E-state index contributed by atoms with van der Waals surface area (Å²) in [6.45, 7) is 3.98. The van der Waals surface area contributed by atoms with Crippen molar-refractivity contribution in [1.29, 1.82) is 0 Å². The van der Waals surface area contributed by atoms with Gasteiger partial charge < -0.3 is 9.47 Å². The SMILES string of the molecule is COC1=NC(C)=CC(OC)C1C. The van der Waals surface area contributed by atoms with Gasteiger partial charge >= 0.3 is 0 Å². The molecule has 0 bridgehead atoms. The van der Waals surface area contributed by atoms with Crippen LogP contribution in [0.25, 0.3) is 0 Å². The van der Waals surface area contributed by atoms with Gasteiger partial charge in [-0.25, -0.2) is 4.99 Å². The highest BCUT2D eigenvalue weighted by molar-refractivity contribution is 5.81. The molecule has 0 amide bonds. The van der Waals surface area contributed by atoms with Crippen LogP contribution in [0.4, 0.5) is 0 Å². The van der Waals surface area contributed by atoms with Crippen LogP contribution in [0.1, 0.15) is 13.8 Å². The fourth-order valence-corrected chi connectivity index (χ4v) is 1.34. The van der Waals surface area contributed by atoms with Crippen LogP contribution in [0.3, 0.4) is 0 Å². The minimum Gasteiger partial charge on any atom is -0.484 e. The highest BCUT2D eigenvalue weighted by atomic mass is 16.5. The summed E-state index contributed by atoms with van der Waals surface area (Å²) < 4.78 is 10.4. The van der Waals surface area contributed by atoms with Crippen LogP contribution in [0, 0.1) is 5.92 Å². The molecule has 0 saturated heterocycles. The zero-order chi connectivity index (χ0) is 9.14. The second-order valence-electron chi connectivity index (χ2n) is 2.95. The molecular weight excluding hydrogens is 154 g/mol. The molecule has 1 rings (SSSR count). The summed E-state index contributed by atoms with van der Waals surface area (Å²) in [7, 11) is 3.34. The number of methoxy groups -OCH3 is 2. The molecule has 12 heavy (non-hydrogen) atoms. The maximum absolute atomic E-state index is 5.27. The van der Waals surface area contributed by atoms with E-state index in [1.54, 1.807) is 14.2 Å². The summed E-state index contributed by atoms with van der Waals surface area (Å²) in [4.78, 5) is 4.26. The first kappa shape index (κ1) is 9.26. The molecule has 0 fully saturated rings. The van der Waals surface area contributed by atoms with E-state index >= 15 is 0 Å². The molecule has 1 heterocycles. The Morgan fingerprint density at radius 3 is 2.58 bits per heavy atom. The van der Waals surface area contributed by atoms with Crippen molar-refractivity contribution in [1.82, 2.24) is 0 Å². The largest absolute Gasteiger partial charge is 0.484 e. The molecule has 1 aliphatic heterocycles. The van der Waals surface area contributed by atoms with Gasteiger partial charge in [0.15, 0.2) is 5.90 Å². The van der Waals surface area contributed by atoms with E-state index in [0.29, 0.717) is 0 Å². The second-order valence-corrected chi connectivity index (χ2v) is 2.95. The fraction of sp³-hybridized carbons (Fsp3) is 0.667. The maximum atomic E-state index is 5.27. The topological polar surface area (TPSA) is 30.8 Å². The first-order chi connectivity index (χ1) is 5.69. The monoisotopic (exact) mass is 169 g/mol. The van der Waals surface area contributed by atoms with Gasteiger partial charge in [-0.3, -0.25) is 0 Å². The van der Waals surface area contributed by atoms with Crippen molar-refractivity contribution >= 4 is 5.90 Å². The van der Waals surface area contributed by atoms with Gasteiger partial charge in [-0.1, -0.05) is 6.92 Å². The molecule has 0 aromatic carbocycles. The van der Waals surface area contributed by atoms with Crippen molar-refractivity contribution in [3.8, 4) is 0 Å². The lowest BCUT2D eigenvalue weighted by Crippen LogP contribution is -2.30. The van der Waals surface area contributed by atoms with Crippen LogP contribution in [0.2, 0.25) is 0 Å². The van der Waals surface area contributed by atoms with E-state index in [4.69, 9.17) is 9.47 Å². The standard InChI is InChI=1S/C9H15NO2/c1-6-5-8(11-3)7(2)9(10-6)12-4/h5,7-8H,1-4H3. The molecule has 68 valence electrons. The van der Waals surface area contributed by atoms with Crippen molar-refractivity contribution in [2.24, 2.45) is 10.9 Å². The summed E-state index contributed by atoms with van der Waals surface area (Å²) in [5, 5.41) is 0. The van der Waals surface area contributed by atoms with E-state index in [-0.39, 0.29) is 12.0 Å². The van der Waals surface area contributed by atoms with Gasteiger partial charge in [0.25, 0.3) is 0 Å². The molecule has 2 atom stereocenters. The lowest BCUT2D eigenvalue weighted by molar-refractivity contribution is 0.108. The molecule has 0 radical (unpaired) electrons. The minimum absolute atomic E-state index is 0.0949. The second kappa shape index (κ2) is 3.72. The number of aliphatic imine (C=N–C) groups is 1. The van der Waals surface area contributed by atoms with E-state index in [1.807, 2.05) is 19.9 Å². The van der Waals surface area contributed by atoms with Gasteiger partial charge in [-0.05, 0) is 13.0 Å². The van der Waals surface area contributed by atoms with Crippen molar-refractivity contribution in [3.05, 3.63) is 11.8 Å². The number of allylic oxidation sites excluding steroid dienone is 1. The van der Waals surface area contributed by atoms with Gasteiger partial charge in [-0.15, -0.1) is 0 Å². The normalized spacial score (nSPS) is 29.3. The molecule has 0 spiro atoms. The van der Waals surface area contributed by atoms with E-state index in [1.165, 1.54) is 0 Å². The van der Waals surface area contributed by atoms with Gasteiger partial charge in [-0.2, -0.15) is 0 Å². The Labute approximate surface area is 73.1 Å². The van der Waals surface area contributed by atoms with Crippen molar-refractivity contribution in [2.75, 3.05) is 14.2 Å². The van der Waals surface area contributed by atoms with Crippen LogP contribution >= 0.6 is 0 Å². The third-order valence-corrected chi connectivity index (χ3v) is 2.06. The summed E-state index contributed by atoms with van der Waals surface area (Å²) in [6, 6.07) is 0. The lowest BCUT2D eigenvalue weighted by atomic mass is 10.0. The first-order valence-corrected chi connectivity index (χ1v) is 4.02. The van der Waals surface area contributed by atoms with E-state index in [0.717, 1.165) is 11.6 Å². The van der Waals surface area contributed by atoms with Crippen LogP contribution in [0.5, 0.6) is 0 Å². The van der Waals surface area contributed by atoms with Crippen LogP contribution in [0.15, 0.2) is 16.8 Å². The Balaban J connectivity index is 2.83. The van der Waals surface area contributed by atoms with E-state index in [2.05, 4.69) is 4.99 Å². The molecule has 0 aliphatic carbocycles. The third-order valence-electron chi connectivity index (χ3n) is 2.06. The van der Waals surface area contributed by atoms with Crippen LogP contribution in [-0.2, 0) is 9.47 Å². The molecule has 2 unspecified atom stereocenters. The van der Waals surface area contributed by atoms with Crippen LogP contribution in [-0.4, -0.2) is 26.2 Å². The van der Waals surface area contributed by atoms with Gasteiger partial charge in [0.05, 0.1) is 19.1 Å². The van der Waals surface area contributed by atoms with Gasteiger partial charge in [0, 0.05) is 12.8 Å². The minimum atomic E-state index is 0.0949. The summed E-state index contributed by atoms with van der Waals surface area (Å²) >= 11 is 0. The molecule has 1 aliphatic rings. The quantitative estimate of drug-likeness (QED) is 0.597. The zero-order valence-electron chi connectivity index (χ0n) is 8.00. The van der Waals surface area contributed by atoms with Crippen molar-refractivity contribution < 1.29 is 9.47 Å². The van der Waals surface area contributed by atoms with Gasteiger partial charge in [0.2, 0.25) is 0 Å². The van der Waals surface area contributed by atoms with Crippen molar-refractivity contribution in [3.63, 3.8) is 0 Å². The summed E-state index contributed by atoms with van der Waals surface area (Å²) in [5.41, 5.74) is 0.955. The third kappa shape index (κ3) is 1.67. The molecule has 0 saturated carbocycles. The fourth-order valence-electron chi connectivity index (χ4n) is 1.34. The predicted octanol–water partition coefficient (Wildman–Crippen LogP) is 1.60. The number of hydrogen-bond acceptors (Lipinski definition) is 3. The van der Waals surface area contributed by atoms with Crippen LogP contribution < -0.4 is 0 Å². The Morgan fingerprint density at radius 2 is 2.08 bits per heavy atom. The maximum Gasteiger partial charge on any atom is 0.193 e. The van der Waals surface area contributed by atoms with Gasteiger partial charge in [0.1, 0.15) is 0 Å². The van der Waals surface area contributed by atoms with E-state index in [9.17, 15) is 0 Å². The Kier molecular flexibility index (Phi) is 2.87. The average molecular weight is 169 g/mol. The number of hydrogen-bond donors (Lipinski definition) is 0. The highest BCUT2D eigenvalue weighted by Crippen LogP contribution is 2.19. The Bertz CT molecular complexity index is 221. The first-order valence-electron chi connectivity index (χ1n) is 4.02. The Morgan fingerprint density at radius 1 is 1.42 bits per heavy atom. The summed E-state index contributed by atoms with van der Waals surface area (Å²) in [6.07, 6.45) is 2.10. The molecule has 3 heteroatoms. The molecule has 0 aromatic heterocycles. The molecule has 0 N–H and O–H groups in total. The van der Waals surface area contributed by atoms with Crippen molar-refractivity contribution in [2.45, 2.75) is 20.0 Å². The molecule has 0 aromatic rings. The Hall–Kier alpha value is -0.830. The predicted molar refractivity (Wildman–Crippen MR) is 48.2 cm³/mol. The number of rotatable bonds is 1. The molecular formula is C9H15NO2. The summed E-state index contributed by atoms with van der Waals surface area (Å²) in [5.74, 6) is 0.963. The number of nitrogens with zero attached hydrogens (tertiary/aromatic N) is 1. The highest BCUT2D eigenvalue weighted by Gasteiger charge is 2.24.